The van der Waals surface area contributed by atoms with Crippen LogP contribution in [-0.4, -0.2) is 52.9 Å². The molecule has 0 atom stereocenters. The summed E-state index contributed by atoms with van der Waals surface area (Å²) in [5.41, 5.74) is 4.72. The van der Waals surface area contributed by atoms with Gasteiger partial charge in [-0.05, 0) is 12.1 Å². The molecule has 1 aromatic heterocycles. The second kappa shape index (κ2) is 7.39. The minimum absolute atomic E-state index is 0.0459. The Morgan fingerprint density at radius 3 is 2.15 bits per heavy atom. The zero-order valence-corrected chi connectivity index (χ0v) is 14.2. The molecule has 0 saturated carbocycles. The van der Waals surface area contributed by atoms with Crippen molar-refractivity contribution in [2.24, 2.45) is 5.73 Å². The number of hydrogen-bond donors (Lipinski definition) is 1. The fraction of sp³-hybridized carbons (Fsp3) is 0.353. The standard InChI is InChI=1S/C17H17F3N4O3/c18-17(19,20)13-4-2-1-3-11(13)15(25)23-5-7-24(8-6-23)16(26)12-10-27-22-14(12)9-21/h1-4,10H,5-9,21H2. The van der Waals surface area contributed by atoms with E-state index >= 15 is 0 Å². The second-order valence-corrected chi connectivity index (χ2v) is 6.01. The van der Waals surface area contributed by atoms with Crippen LogP contribution in [-0.2, 0) is 12.7 Å². The molecule has 7 nitrogen and oxygen atoms in total. The Morgan fingerprint density at radius 2 is 1.59 bits per heavy atom. The molecule has 2 heterocycles. The lowest BCUT2D eigenvalue weighted by molar-refractivity contribution is -0.138. The third kappa shape index (κ3) is 3.80. The third-order valence-electron chi connectivity index (χ3n) is 4.39. The predicted molar refractivity (Wildman–Crippen MR) is 87.6 cm³/mol. The van der Waals surface area contributed by atoms with Crippen LogP contribution in [0, 0.1) is 0 Å². The van der Waals surface area contributed by atoms with Crippen LogP contribution in [0.25, 0.3) is 0 Å². The van der Waals surface area contributed by atoms with E-state index in [9.17, 15) is 22.8 Å². The molecule has 0 spiro atoms. The van der Waals surface area contributed by atoms with Crippen LogP contribution < -0.4 is 5.73 Å². The minimum Gasteiger partial charge on any atom is -0.364 e. The highest BCUT2D eigenvalue weighted by Gasteiger charge is 2.36. The van der Waals surface area contributed by atoms with Crippen LogP contribution in [0.1, 0.15) is 32.0 Å². The largest absolute Gasteiger partial charge is 0.417 e. The quantitative estimate of drug-likeness (QED) is 0.873. The van der Waals surface area contributed by atoms with Crippen LogP contribution in [0.5, 0.6) is 0 Å². The van der Waals surface area contributed by atoms with Crippen molar-refractivity contribution < 1.29 is 27.3 Å². The fourth-order valence-electron chi connectivity index (χ4n) is 2.95. The van der Waals surface area contributed by atoms with Crippen LogP contribution in [0.4, 0.5) is 13.2 Å². The summed E-state index contributed by atoms with van der Waals surface area (Å²) in [7, 11) is 0. The van der Waals surface area contributed by atoms with Gasteiger partial charge in [-0.15, -0.1) is 0 Å². The maximum atomic E-state index is 13.1. The summed E-state index contributed by atoms with van der Waals surface area (Å²) in [6, 6.07) is 4.67. The van der Waals surface area contributed by atoms with Gasteiger partial charge in [-0.2, -0.15) is 13.2 Å². The molecular formula is C17H17F3N4O3. The van der Waals surface area contributed by atoms with E-state index in [1.807, 2.05) is 0 Å². The molecule has 27 heavy (non-hydrogen) atoms. The van der Waals surface area contributed by atoms with Crippen molar-refractivity contribution in [2.75, 3.05) is 26.2 Å². The SMILES string of the molecule is NCc1nocc1C(=O)N1CCN(C(=O)c2ccccc2C(F)(F)F)CC1. The maximum absolute atomic E-state index is 13.1. The highest BCUT2D eigenvalue weighted by Crippen LogP contribution is 2.32. The summed E-state index contributed by atoms with van der Waals surface area (Å²) in [6.07, 6.45) is -3.40. The van der Waals surface area contributed by atoms with Gasteiger partial charge < -0.3 is 20.1 Å². The van der Waals surface area contributed by atoms with Gasteiger partial charge in [0.1, 0.15) is 17.5 Å². The van der Waals surface area contributed by atoms with Gasteiger partial charge in [-0.25, -0.2) is 0 Å². The van der Waals surface area contributed by atoms with E-state index in [1.165, 1.54) is 28.2 Å². The molecule has 1 aromatic carbocycles. The van der Waals surface area contributed by atoms with E-state index in [1.54, 1.807) is 0 Å². The molecule has 0 bridgehead atoms. The highest BCUT2D eigenvalue weighted by atomic mass is 19.4. The van der Waals surface area contributed by atoms with Gasteiger partial charge in [0, 0.05) is 32.7 Å². The van der Waals surface area contributed by atoms with Gasteiger partial charge in [0.2, 0.25) is 0 Å². The van der Waals surface area contributed by atoms with E-state index in [4.69, 9.17) is 10.3 Å². The number of halogens is 3. The lowest BCUT2D eigenvalue weighted by Gasteiger charge is -2.35. The summed E-state index contributed by atoms with van der Waals surface area (Å²) in [5, 5.41) is 3.65. The summed E-state index contributed by atoms with van der Waals surface area (Å²) in [4.78, 5) is 27.8. The zero-order valence-electron chi connectivity index (χ0n) is 14.2. The number of aromatic nitrogens is 1. The first-order valence-electron chi connectivity index (χ1n) is 8.21. The summed E-state index contributed by atoms with van der Waals surface area (Å²) < 4.78 is 44.1. The van der Waals surface area contributed by atoms with Gasteiger partial charge in [-0.1, -0.05) is 17.3 Å². The van der Waals surface area contributed by atoms with Gasteiger partial charge in [0.25, 0.3) is 11.8 Å². The van der Waals surface area contributed by atoms with Crippen molar-refractivity contribution in [1.82, 2.24) is 15.0 Å². The van der Waals surface area contributed by atoms with Gasteiger partial charge in [0.05, 0.1) is 11.1 Å². The molecule has 0 unspecified atom stereocenters. The molecule has 1 aliphatic rings. The Balaban J connectivity index is 1.70. The molecule has 0 aliphatic carbocycles. The second-order valence-electron chi connectivity index (χ2n) is 6.01. The number of carbonyl (C=O) groups excluding carboxylic acids is 2. The van der Waals surface area contributed by atoms with Crippen molar-refractivity contribution in [2.45, 2.75) is 12.7 Å². The Labute approximate surface area is 152 Å². The van der Waals surface area contributed by atoms with E-state index in [2.05, 4.69) is 5.16 Å². The number of carbonyl (C=O) groups is 2. The topological polar surface area (TPSA) is 92.7 Å². The number of nitrogens with zero attached hydrogens (tertiary/aromatic N) is 3. The molecule has 3 rings (SSSR count). The first-order chi connectivity index (χ1) is 12.8. The number of benzene rings is 1. The Bertz CT molecular complexity index is 842. The van der Waals surface area contributed by atoms with E-state index in [0.717, 1.165) is 12.1 Å². The Morgan fingerprint density at radius 1 is 1.04 bits per heavy atom. The number of alkyl halides is 3. The molecule has 1 aliphatic heterocycles. The monoisotopic (exact) mass is 382 g/mol. The summed E-state index contributed by atoms with van der Waals surface area (Å²) >= 11 is 0. The van der Waals surface area contributed by atoms with Crippen LogP contribution in [0.2, 0.25) is 0 Å². The van der Waals surface area contributed by atoms with Crippen LogP contribution in [0.15, 0.2) is 35.1 Å². The Kier molecular flexibility index (Phi) is 5.17. The normalized spacial score (nSPS) is 15.1. The molecule has 10 heteroatoms. The lowest BCUT2D eigenvalue weighted by Crippen LogP contribution is -2.51. The van der Waals surface area contributed by atoms with Gasteiger partial charge in [-0.3, -0.25) is 9.59 Å². The van der Waals surface area contributed by atoms with Crippen LogP contribution >= 0.6 is 0 Å². The van der Waals surface area contributed by atoms with Crippen molar-refractivity contribution in [3.63, 3.8) is 0 Å². The third-order valence-corrected chi connectivity index (χ3v) is 4.39. The molecule has 2 amide bonds. The highest BCUT2D eigenvalue weighted by molar-refractivity contribution is 5.97. The Hall–Kier alpha value is -2.88. The average molecular weight is 382 g/mol. The molecule has 1 fully saturated rings. The molecular weight excluding hydrogens is 365 g/mol. The molecule has 0 radical (unpaired) electrons. The van der Waals surface area contributed by atoms with E-state index < -0.39 is 23.2 Å². The van der Waals surface area contributed by atoms with Crippen molar-refractivity contribution in [1.29, 1.82) is 0 Å². The van der Waals surface area contributed by atoms with Gasteiger partial charge >= 0.3 is 6.18 Å². The molecule has 2 aromatic rings. The number of piperazine rings is 1. The number of amides is 2. The first kappa shape index (κ1) is 18.9. The van der Waals surface area contributed by atoms with Crippen LogP contribution in [0.3, 0.4) is 0 Å². The minimum atomic E-state index is -4.61. The lowest BCUT2D eigenvalue weighted by atomic mass is 10.1. The zero-order chi connectivity index (χ0) is 19.6. The fourth-order valence-corrected chi connectivity index (χ4v) is 2.95. The number of rotatable bonds is 3. The smallest absolute Gasteiger partial charge is 0.364 e. The number of nitrogens with two attached hydrogens (primary N) is 1. The molecule has 144 valence electrons. The summed E-state index contributed by atoms with van der Waals surface area (Å²) in [5.74, 6) is -1.04. The van der Waals surface area contributed by atoms with Crippen molar-refractivity contribution >= 4 is 11.8 Å². The summed E-state index contributed by atoms with van der Waals surface area (Å²) in [6.45, 7) is 0.673. The number of hydrogen-bond acceptors (Lipinski definition) is 5. The van der Waals surface area contributed by atoms with Crippen molar-refractivity contribution in [3.8, 4) is 0 Å². The molecule has 1 saturated heterocycles. The van der Waals surface area contributed by atoms with Crippen molar-refractivity contribution in [3.05, 3.63) is 52.9 Å². The van der Waals surface area contributed by atoms with E-state index in [0.29, 0.717) is 5.69 Å². The molecule has 2 N–H and O–H groups in total. The predicted octanol–water partition coefficient (Wildman–Crippen LogP) is 1.75. The van der Waals surface area contributed by atoms with Gasteiger partial charge in [0.15, 0.2) is 0 Å². The maximum Gasteiger partial charge on any atom is 0.417 e. The van der Waals surface area contributed by atoms with E-state index in [-0.39, 0.29) is 44.2 Å². The first-order valence-corrected chi connectivity index (χ1v) is 8.21. The average Bonchev–Trinajstić information content (AvgIpc) is 3.15.